The molecule has 0 radical (unpaired) electrons. The summed E-state index contributed by atoms with van der Waals surface area (Å²) in [5.41, 5.74) is 2.92. The van der Waals surface area contributed by atoms with Crippen molar-refractivity contribution in [2.75, 3.05) is 5.75 Å². The fourth-order valence-electron chi connectivity index (χ4n) is 1.88. The molecule has 1 heterocycles. The lowest BCUT2D eigenvalue weighted by molar-refractivity contribution is 0.665. The SMILES string of the molecule is CC1CC2=C(C=CCC2)CS1=O. The third kappa shape index (κ3) is 1.40. The van der Waals surface area contributed by atoms with Crippen LogP contribution in [-0.4, -0.2) is 15.2 Å². The Morgan fingerprint density at radius 3 is 3.25 bits per heavy atom. The van der Waals surface area contributed by atoms with E-state index in [1.165, 1.54) is 18.4 Å². The van der Waals surface area contributed by atoms with Crippen LogP contribution in [0.5, 0.6) is 0 Å². The van der Waals surface area contributed by atoms with Crippen molar-refractivity contribution in [1.82, 2.24) is 0 Å². The molecule has 0 amide bonds. The fourth-order valence-corrected chi connectivity index (χ4v) is 3.16. The van der Waals surface area contributed by atoms with Crippen LogP contribution in [0.3, 0.4) is 0 Å². The topological polar surface area (TPSA) is 17.1 Å². The molecule has 0 aromatic heterocycles. The van der Waals surface area contributed by atoms with Crippen LogP contribution in [-0.2, 0) is 10.8 Å². The molecule has 1 nitrogen and oxygen atoms in total. The molecule has 0 fully saturated rings. The number of allylic oxidation sites excluding steroid dienone is 3. The molecule has 1 aliphatic heterocycles. The first kappa shape index (κ1) is 8.24. The smallest absolute Gasteiger partial charge is 0.0487 e. The van der Waals surface area contributed by atoms with E-state index in [-0.39, 0.29) is 0 Å². The van der Waals surface area contributed by atoms with Gasteiger partial charge >= 0.3 is 0 Å². The van der Waals surface area contributed by atoms with Crippen molar-refractivity contribution in [2.24, 2.45) is 0 Å². The number of hydrogen-bond acceptors (Lipinski definition) is 1. The first-order valence-electron chi connectivity index (χ1n) is 4.52. The Balaban J connectivity index is 2.27. The molecule has 2 atom stereocenters. The Morgan fingerprint density at radius 2 is 2.42 bits per heavy atom. The van der Waals surface area contributed by atoms with Gasteiger partial charge in [-0.25, -0.2) is 0 Å². The predicted molar refractivity (Wildman–Crippen MR) is 52.5 cm³/mol. The molecule has 0 bridgehead atoms. The molecule has 2 rings (SSSR count). The van der Waals surface area contributed by atoms with Crippen molar-refractivity contribution in [2.45, 2.75) is 31.4 Å². The average Bonchev–Trinajstić information content (AvgIpc) is 2.07. The van der Waals surface area contributed by atoms with Gasteiger partial charge in [0.05, 0.1) is 0 Å². The van der Waals surface area contributed by atoms with E-state index in [2.05, 4.69) is 19.1 Å². The minimum atomic E-state index is -0.612. The highest BCUT2D eigenvalue weighted by Gasteiger charge is 2.23. The van der Waals surface area contributed by atoms with Crippen molar-refractivity contribution in [3.63, 3.8) is 0 Å². The molecule has 0 spiro atoms. The lowest BCUT2D eigenvalue weighted by Gasteiger charge is -2.25. The van der Waals surface area contributed by atoms with Crippen molar-refractivity contribution in [1.29, 1.82) is 0 Å². The largest absolute Gasteiger partial charge is 0.259 e. The molecule has 1 aliphatic carbocycles. The lowest BCUT2D eigenvalue weighted by atomic mass is 9.94. The second kappa shape index (κ2) is 3.17. The van der Waals surface area contributed by atoms with E-state index in [1.807, 2.05) is 0 Å². The van der Waals surface area contributed by atoms with E-state index in [4.69, 9.17) is 0 Å². The van der Waals surface area contributed by atoms with E-state index in [0.717, 1.165) is 12.2 Å². The van der Waals surface area contributed by atoms with Gasteiger partial charge in [-0.3, -0.25) is 4.21 Å². The summed E-state index contributed by atoms with van der Waals surface area (Å²) in [6, 6.07) is 0. The molecule has 0 aromatic carbocycles. The van der Waals surface area contributed by atoms with Crippen LogP contribution >= 0.6 is 0 Å². The van der Waals surface area contributed by atoms with Crippen molar-refractivity contribution >= 4 is 10.8 Å². The van der Waals surface area contributed by atoms with Gasteiger partial charge in [0.25, 0.3) is 0 Å². The van der Waals surface area contributed by atoms with Gasteiger partial charge in [-0.15, -0.1) is 0 Å². The first-order chi connectivity index (χ1) is 5.77. The minimum Gasteiger partial charge on any atom is -0.259 e. The van der Waals surface area contributed by atoms with Gasteiger partial charge in [-0.05, 0) is 24.8 Å². The number of hydrogen-bond donors (Lipinski definition) is 0. The minimum absolute atomic E-state index is 0.384. The summed E-state index contributed by atoms with van der Waals surface area (Å²) in [6.45, 7) is 2.10. The monoisotopic (exact) mass is 182 g/mol. The Bertz CT molecular complexity index is 276. The maximum Gasteiger partial charge on any atom is 0.0487 e. The highest BCUT2D eigenvalue weighted by Crippen LogP contribution is 2.29. The van der Waals surface area contributed by atoms with Gasteiger partial charge in [-0.2, -0.15) is 0 Å². The highest BCUT2D eigenvalue weighted by atomic mass is 32.2. The summed E-state index contributed by atoms with van der Waals surface area (Å²) < 4.78 is 11.5. The van der Waals surface area contributed by atoms with E-state index < -0.39 is 10.8 Å². The third-order valence-electron chi connectivity index (χ3n) is 2.67. The molecule has 0 N–H and O–H groups in total. The molecule has 0 aromatic rings. The lowest BCUT2D eigenvalue weighted by Crippen LogP contribution is -2.22. The quantitative estimate of drug-likeness (QED) is 0.561. The summed E-state index contributed by atoms with van der Waals surface area (Å²) in [7, 11) is -0.612. The fraction of sp³-hybridized carbons (Fsp3) is 0.600. The molecule has 0 saturated heterocycles. The first-order valence-corrected chi connectivity index (χ1v) is 5.90. The van der Waals surface area contributed by atoms with Crippen molar-refractivity contribution in [3.8, 4) is 0 Å². The van der Waals surface area contributed by atoms with E-state index in [1.54, 1.807) is 5.57 Å². The van der Waals surface area contributed by atoms with E-state index in [9.17, 15) is 4.21 Å². The normalized spacial score (nSPS) is 35.1. The van der Waals surface area contributed by atoms with Gasteiger partial charge in [0.15, 0.2) is 0 Å². The van der Waals surface area contributed by atoms with Crippen LogP contribution in [0, 0.1) is 0 Å². The van der Waals surface area contributed by atoms with Gasteiger partial charge in [0.2, 0.25) is 0 Å². The molecule has 2 unspecified atom stereocenters. The van der Waals surface area contributed by atoms with E-state index >= 15 is 0 Å². The van der Waals surface area contributed by atoms with Crippen molar-refractivity contribution < 1.29 is 4.21 Å². The van der Waals surface area contributed by atoms with Crippen LogP contribution < -0.4 is 0 Å². The summed E-state index contributed by atoms with van der Waals surface area (Å²) in [5.74, 6) is 0.799. The molecular weight excluding hydrogens is 168 g/mol. The molecule has 0 saturated carbocycles. The van der Waals surface area contributed by atoms with Crippen LogP contribution in [0.1, 0.15) is 26.2 Å². The standard InChI is InChI=1S/C10H14OS/c1-8-6-9-4-2-3-5-10(9)7-12(8)11/h3,5,8H,2,4,6-7H2,1H3. The second-order valence-corrected chi connectivity index (χ2v) is 5.46. The van der Waals surface area contributed by atoms with Gasteiger partial charge in [0.1, 0.15) is 0 Å². The van der Waals surface area contributed by atoms with Gasteiger partial charge in [-0.1, -0.05) is 24.6 Å². The van der Waals surface area contributed by atoms with Crippen LogP contribution in [0.2, 0.25) is 0 Å². The van der Waals surface area contributed by atoms with Crippen molar-refractivity contribution in [3.05, 3.63) is 23.3 Å². The maximum absolute atomic E-state index is 11.5. The van der Waals surface area contributed by atoms with Crippen LogP contribution in [0.25, 0.3) is 0 Å². The maximum atomic E-state index is 11.5. The van der Waals surface area contributed by atoms with Crippen LogP contribution in [0.15, 0.2) is 23.3 Å². The summed E-state index contributed by atoms with van der Waals surface area (Å²) in [6.07, 6.45) is 7.81. The Morgan fingerprint density at radius 1 is 1.58 bits per heavy atom. The Hall–Kier alpha value is -0.370. The summed E-state index contributed by atoms with van der Waals surface area (Å²) in [5, 5.41) is 0.384. The van der Waals surface area contributed by atoms with Crippen LogP contribution in [0.4, 0.5) is 0 Å². The van der Waals surface area contributed by atoms with Gasteiger partial charge in [0, 0.05) is 21.8 Å². The van der Waals surface area contributed by atoms with E-state index in [0.29, 0.717) is 5.25 Å². The zero-order chi connectivity index (χ0) is 8.55. The molecule has 12 heavy (non-hydrogen) atoms. The van der Waals surface area contributed by atoms with Gasteiger partial charge < -0.3 is 0 Å². The molecule has 2 aliphatic rings. The zero-order valence-electron chi connectivity index (χ0n) is 7.38. The Labute approximate surface area is 76.0 Å². The zero-order valence-corrected chi connectivity index (χ0v) is 8.19. The summed E-state index contributed by atoms with van der Waals surface area (Å²) in [4.78, 5) is 0. The number of rotatable bonds is 0. The predicted octanol–water partition coefficient (Wildman–Crippen LogP) is 2.17. The average molecular weight is 182 g/mol. The second-order valence-electron chi connectivity index (χ2n) is 3.61. The highest BCUT2D eigenvalue weighted by molar-refractivity contribution is 7.85. The Kier molecular flexibility index (Phi) is 2.18. The molecular formula is C10H14OS. The third-order valence-corrected chi connectivity index (χ3v) is 4.33. The molecule has 2 heteroatoms. The summed E-state index contributed by atoms with van der Waals surface area (Å²) >= 11 is 0. The molecule has 66 valence electrons.